The summed E-state index contributed by atoms with van der Waals surface area (Å²) in [6, 6.07) is 8.84. The molecule has 0 fully saturated rings. The molecule has 6 heteroatoms. The van der Waals surface area contributed by atoms with Crippen LogP contribution in [-0.4, -0.2) is 20.9 Å². The summed E-state index contributed by atoms with van der Waals surface area (Å²) >= 11 is 0. The molecule has 0 bridgehead atoms. The predicted octanol–water partition coefficient (Wildman–Crippen LogP) is 1.74. The molecule has 3 aromatic rings. The van der Waals surface area contributed by atoms with E-state index in [2.05, 4.69) is 20.3 Å². The van der Waals surface area contributed by atoms with Crippen LogP contribution < -0.4 is 11.1 Å². The Bertz CT molecular complexity index is 780. The summed E-state index contributed by atoms with van der Waals surface area (Å²) in [5.74, 6) is 0.201. The fourth-order valence-corrected chi connectivity index (χ4v) is 1.98. The van der Waals surface area contributed by atoms with Crippen LogP contribution in [-0.2, 0) is 6.54 Å². The van der Waals surface area contributed by atoms with Crippen LogP contribution in [0.25, 0.3) is 11.0 Å². The van der Waals surface area contributed by atoms with E-state index in [4.69, 9.17) is 5.73 Å². The van der Waals surface area contributed by atoms with Crippen molar-refractivity contribution in [3.63, 3.8) is 0 Å². The van der Waals surface area contributed by atoms with Gasteiger partial charge in [-0.05, 0) is 23.8 Å². The predicted molar refractivity (Wildman–Crippen MR) is 79.6 cm³/mol. The third kappa shape index (κ3) is 2.70. The molecule has 0 aliphatic rings. The van der Waals surface area contributed by atoms with Gasteiger partial charge in [0.25, 0.3) is 5.91 Å². The van der Waals surface area contributed by atoms with Crippen molar-refractivity contribution in [3.8, 4) is 0 Å². The molecule has 2 heterocycles. The van der Waals surface area contributed by atoms with Gasteiger partial charge >= 0.3 is 0 Å². The second kappa shape index (κ2) is 5.64. The number of amides is 1. The van der Waals surface area contributed by atoms with Crippen molar-refractivity contribution >= 4 is 22.8 Å². The van der Waals surface area contributed by atoms with Crippen LogP contribution in [0.4, 0.5) is 5.82 Å². The van der Waals surface area contributed by atoms with Gasteiger partial charge in [-0.1, -0.05) is 12.1 Å². The first-order valence-corrected chi connectivity index (χ1v) is 6.44. The number of pyridine rings is 1. The number of aromatic nitrogens is 3. The van der Waals surface area contributed by atoms with Crippen molar-refractivity contribution in [2.24, 2.45) is 5.73 Å². The fraction of sp³-hybridized carbons (Fsp3) is 0.0667. The van der Waals surface area contributed by atoms with Crippen LogP contribution >= 0.6 is 0 Å². The van der Waals surface area contributed by atoms with Gasteiger partial charge in [-0.25, -0.2) is 4.98 Å². The molecule has 3 rings (SSSR count). The molecule has 0 saturated carbocycles. The van der Waals surface area contributed by atoms with Crippen molar-refractivity contribution < 1.29 is 4.79 Å². The highest BCUT2D eigenvalue weighted by molar-refractivity contribution is 6.10. The zero-order valence-corrected chi connectivity index (χ0v) is 11.2. The topological polar surface area (TPSA) is 93.8 Å². The first-order valence-electron chi connectivity index (χ1n) is 6.44. The van der Waals surface area contributed by atoms with Gasteiger partial charge in [0.05, 0.1) is 11.1 Å². The van der Waals surface area contributed by atoms with Crippen molar-refractivity contribution in [2.75, 3.05) is 5.32 Å². The molecule has 0 saturated heterocycles. The minimum absolute atomic E-state index is 0.269. The minimum Gasteiger partial charge on any atom is -0.326 e. The number of benzene rings is 1. The number of fused-ring (bicyclic) bond motifs is 1. The maximum atomic E-state index is 12.3. The van der Waals surface area contributed by atoms with Crippen LogP contribution in [0.3, 0.4) is 0 Å². The van der Waals surface area contributed by atoms with Crippen LogP contribution in [0, 0.1) is 0 Å². The molecule has 104 valence electrons. The third-order valence-electron chi connectivity index (χ3n) is 3.05. The first kappa shape index (κ1) is 13.1. The van der Waals surface area contributed by atoms with Crippen LogP contribution in [0.2, 0.25) is 0 Å². The Morgan fingerprint density at radius 2 is 1.95 bits per heavy atom. The number of carbonyl (C=O) groups is 1. The second-order valence-corrected chi connectivity index (χ2v) is 4.44. The number of hydrogen-bond acceptors (Lipinski definition) is 5. The smallest absolute Gasteiger partial charge is 0.259 e. The maximum absolute atomic E-state index is 12.3. The van der Waals surface area contributed by atoms with E-state index in [0.29, 0.717) is 29.0 Å². The van der Waals surface area contributed by atoms with E-state index in [1.165, 1.54) is 0 Å². The Kier molecular flexibility index (Phi) is 3.53. The largest absolute Gasteiger partial charge is 0.326 e. The molecule has 2 aromatic heterocycles. The lowest BCUT2D eigenvalue weighted by molar-refractivity contribution is 0.102. The van der Waals surface area contributed by atoms with E-state index in [0.717, 1.165) is 5.56 Å². The summed E-state index contributed by atoms with van der Waals surface area (Å²) in [7, 11) is 0. The first-order chi connectivity index (χ1) is 10.3. The number of nitrogens with one attached hydrogen (secondary N) is 1. The average Bonchev–Trinajstić information content (AvgIpc) is 2.55. The van der Waals surface area contributed by atoms with Gasteiger partial charge in [0, 0.05) is 25.1 Å². The number of rotatable bonds is 3. The van der Waals surface area contributed by atoms with Crippen molar-refractivity contribution in [1.29, 1.82) is 0 Å². The molecule has 0 aliphatic heterocycles. The Hall–Kier alpha value is -2.86. The fourth-order valence-electron chi connectivity index (χ4n) is 1.98. The van der Waals surface area contributed by atoms with Gasteiger partial charge in [0.1, 0.15) is 11.3 Å². The van der Waals surface area contributed by atoms with Gasteiger partial charge < -0.3 is 11.1 Å². The molecule has 1 amide bonds. The second-order valence-electron chi connectivity index (χ2n) is 4.44. The van der Waals surface area contributed by atoms with E-state index in [9.17, 15) is 4.79 Å². The van der Waals surface area contributed by atoms with Crippen molar-refractivity contribution in [2.45, 2.75) is 6.54 Å². The lowest BCUT2D eigenvalue weighted by Crippen LogP contribution is -2.14. The van der Waals surface area contributed by atoms with Gasteiger partial charge in [0.2, 0.25) is 0 Å². The monoisotopic (exact) mass is 279 g/mol. The standard InChI is InChI=1S/C15H13N5O/c16-8-10-4-5-13(19-9-10)20-15(21)11-2-1-3-12-14(11)18-7-6-17-12/h1-7,9H,8,16H2,(H,19,20,21). The number of hydrogen-bond donors (Lipinski definition) is 2. The third-order valence-corrected chi connectivity index (χ3v) is 3.05. The lowest BCUT2D eigenvalue weighted by Gasteiger charge is -2.07. The number of nitrogens with zero attached hydrogens (tertiary/aromatic N) is 3. The van der Waals surface area contributed by atoms with E-state index < -0.39 is 0 Å². The highest BCUT2D eigenvalue weighted by Crippen LogP contribution is 2.15. The Labute approximate surface area is 121 Å². The van der Waals surface area contributed by atoms with Crippen LogP contribution in [0.5, 0.6) is 0 Å². The normalized spacial score (nSPS) is 10.5. The van der Waals surface area contributed by atoms with E-state index in [1.807, 2.05) is 12.1 Å². The molecule has 0 spiro atoms. The van der Waals surface area contributed by atoms with Crippen molar-refractivity contribution in [3.05, 3.63) is 60.0 Å². The summed E-state index contributed by atoms with van der Waals surface area (Å²) in [5.41, 5.74) is 8.12. The van der Waals surface area contributed by atoms with Crippen LogP contribution in [0.15, 0.2) is 48.9 Å². The minimum atomic E-state index is -0.269. The molecular formula is C15H13N5O. The zero-order valence-electron chi connectivity index (χ0n) is 11.2. The van der Waals surface area contributed by atoms with E-state index >= 15 is 0 Å². The highest BCUT2D eigenvalue weighted by Gasteiger charge is 2.12. The SMILES string of the molecule is NCc1ccc(NC(=O)c2cccc3nccnc23)nc1. The van der Waals surface area contributed by atoms with Gasteiger partial charge in [-0.2, -0.15) is 0 Å². The molecule has 6 nitrogen and oxygen atoms in total. The summed E-state index contributed by atoms with van der Waals surface area (Å²) in [4.78, 5) is 24.9. The molecular weight excluding hydrogens is 266 g/mol. The molecule has 21 heavy (non-hydrogen) atoms. The Morgan fingerprint density at radius 3 is 2.71 bits per heavy atom. The molecule has 3 N–H and O–H groups in total. The molecule has 0 atom stereocenters. The summed E-state index contributed by atoms with van der Waals surface area (Å²) in [6.45, 7) is 0.417. The van der Waals surface area contributed by atoms with E-state index in [1.54, 1.807) is 36.8 Å². The maximum Gasteiger partial charge on any atom is 0.259 e. The van der Waals surface area contributed by atoms with Gasteiger partial charge in [-0.3, -0.25) is 14.8 Å². The number of carbonyl (C=O) groups excluding carboxylic acids is 1. The number of nitrogens with two attached hydrogens (primary N) is 1. The van der Waals surface area contributed by atoms with E-state index in [-0.39, 0.29) is 5.91 Å². The Morgan fingerprint density at radius 1 is 1.10 bits per heavy atom. The summed E-state index contributed by atoms with van der Waals surface area (Å²) in [6.07, 6.45) is 4.79. The van der Waals surface area contributed by atoms with Crippen LogP contribution in [0.1, 0.15) is 15.9 Å². The summed E-state index contributed by atoms with van der Waals surface area (Å²) in [5, 5.41) is 2.74. The van der Waals surface area contributed by atoms with Crippen molar-refractivity contribution in [1.82, 2.24) is 15.0 Å². The average molecular weight is 279 g/mol. The van der Waals surface area contributed by atoms with Gasteiger partial charge in [0.15, 0.2) is 0 Å². The molecule has 0 radical (unpaired) electrons. The highest BCUT2D eigenvalue weighted by atomic mass is 16.1. The molecule has 0 unspecified atom stereocenters. The molecule has 1 aromatic carbocycles. The number of para-hydroxylation sites is 1. The lowest BCUT2D eigenvalue weighted by atomic mass is 10.1. The quantitative estimate of drug-likeness (QED) is 0.761. The number of anilines is 1. The molecule has 0 aliphatic carbocycles. The Balaban J connectivity index is 1.90. The van der Waals surface area contributed by atoms with Gasteiger partial charge in [-0.15, -0.1) is 0 Å². The zero-order chi connectivity index (χ0) is 14.7. The summed E-state index contributed by atoms with van der Waals surface area (Å²) < 4.78 is 0.